The van der Waals surface area contributed by atoms with Crippen molar-refractivity contribution in [2.75, 3.05) is 6.61 Å². The highest BCUT2D eigenvalue weighted by Gasteiger charge is 2.31. The number of aromatic nitrogens is 5. The summed E-state index contributed by atoms with van der Waals surface area (Å²) in [5.41, 5.74) is 3.71. The van der Waals surface area contributed by atoms with Crippen LogP contribution in [0.15, 0.2) is 48.9 Å². The lowest BCUT2D eigenvalue weighted by molar-refractivity contribution is -0.274. The van der Waals surface area contributed by atoms with Gasteiger partial charge in [-0.2, -0.15) is 10.2 Å². The molecule has 1 N–H and O–H groups in total. The van der Waals surface area contributed by atoms with Crippen molar-refractivity contribution < 1.29 is 23.0 Å². The van der Waals surface area contributed by atoms with Gasteiger partial charge in [-0.15, -0.1) is 13.2 Å². The van der Waals surface area contributed by atoms with Gasteiger partial charge in [-0.25, -0.2) is 9.67 Å². The van der Waals surface area contributed by atoms with Crippen LogP contribution in [0.4, 0.5) is 13.2 Å². The number of halogens is 3. The molecular formula is C20H18F3N5O2. The Morgan fingerprint density at radius 3 is 2.57 bits per heavy atom. The fourth-order valence-electron chi connectivity index (χ4n) is 3.30. The molecular weight excluding hydrogens is 399 g/mol. The van der Waals surface area contributed by atoms with Crippen LogP contribution < -0.4 is 4.74 Å². The van der Waals surface area contributed by atoms with Crippen molar-refractivity contribution in [3.05, 3.63) is 54.6 Å². The summed E-state index contributed by atoms with van der Waals surface area (Å²) in [4.78, 5) is 4.46. The van der Waals surface area contributed by atoms with E-state index in [0.717, 1.165) is 22.2 Å². The Morgan fingerprint density at radius 2 is 1.90 bits per heavy atom. The van der Waals surface area contributed by atoms with Crippen molar-refractivity contribution >= 4 is 11.0 Å². The van der Waals surface area contributed by atoms with Gasteiger partial charge in [0.15, 0.2) is 5.65 Å². The molecule has 0 aliphatic rings. The van der Waals surface area contributed by atoms with E-state index in [2.05, 4.69) is 19.9 Å². The number of pyridine rings is 1. The number of alkyl halides is 3. The summed E-state index contributed by atoms with van der Waals surface area (Å²) in [5.74, 6) is -0.302. The van der Waals surface area contributed by atoms with Crippen LogP contribution >= 0.6 is 0 Å². The number of nitrogens with zero attached hydrogens (tertiary/aromatic N) is 5. The standard InChI is InChI=1S/C20H18F3N5O2/c1-2-17-18-16(13-11-25-27(12-13)9-10-29)7-8-24-19(18)28(26-17)14-3-5-15(6-4-14)30-20(21,22)23/h3-8,11-12,29H,2,9-10H2,1H3. The van der Waals surface area contributed by atoms with Crippen molar-refractivity contribution in [3.8, 4) is 22.6 Å². The van der Waals surface area contributed by atoms with Crippen molar-refractivity contribution in [1.82, 2.24) is 24.5 Å². The third kappa shape index (κ3) is 3.86. The van der Waals surface area contributed by atoms with Gasteiger partial charge in [0.25, 0.3) is 0 Å². The molecule has 0 saturated heterocycles. The largest absolute Gasteiger partial charge is 0.573 e. The molecule has 0 radical (unpaired) electrons. The van der Waals surface area contributed by atoms with Gasteiger partial charge in [-0.1, -0.05) is 6.92 Å². The molecule has 0 unspecified atom stereocenters. The van der Waals surface area contributed by atoms with Crippen molar-refractivity contribution in [3.63, 3.8) is 0 Å². The number of fused-ring (bicyclic) bond motifs is 1. The maximum Gasteiger partial charge on any atom is 0.573 e. The molecule has 0 amide bonds. The van der Waals surface area contributed by atoms with Crippen LogP contribution in [0.25, 0.3) is 27.8 Å². The van der Waals surface area contributed by atoms with Crippen LogP contribution in [0.2, 0.25) is 0 Å². The molecule has 156 valence electrons. The monoisotopic (exact) mass is 417 g/mol. The first-order chi connectivity index (χ1) is 14.4. The molecule has 0 fully saturated rings. The van der Waals surface area contributed by atoms with Crippen LogP contribution in [0, 0.1) is 0 Å². The van der Waals surface area contributed by atoms with Gasteiger partial charge in [0.05, 0.1) is 36.1 Å². The third-order valence-corrected chi connectivity index (χ3v) is 4.56. The maximum atomic E-state index is 12.4. The molecule has 0 aliphatic heterocycles. The Hall–Kier alpha value is -3.40. The Balaban J connectivity index is 1.79. The van der Waals surface area contributed by atoms with Crippen LogP contribution in [0.1, 0.15) is 12.6 Å². The average Bonchev–Trinajstić information content (AvgIpc) is 3.32. The third-order valence-electron chi connectivity index (χ3n) is 4.56. The van der Waals surface area contributed by atoms with E-state index in [0.29, 0.717) is 24.3 Å². The maximum absolute atomic E-state index is 12.4. The zero-order valence-electron chi connectivity index (χ0n) is 16.0. The average molecular weight is 417 g/mol. The zero-order chi connectivity index (χ0) is 21.3. The molecule has 7 nitrogen and oxygen atoms in total. The predicted octanol–water partition coefficient (Wildman–Crippen LogP) is 3.74. The molecule has 3 aromatic heterocycles. The Morgan fingerprint density at radius 1 is 1.13 bits per heavy atom. The molecule has 3 heterocycles. The van der Waals surface area contributed by atoms with Gasteiger partial charge in [0, 0.05) is 18.0 Å². The van der Waals surface area contributed by atoms with Crippen LogP contribution in [0.5, 0.6) is 5.75 Å². The summed E-state index contributed by atoms with van der Waals surface area (Å²) in [6, 6.07) is 7.35. The number of aliphatic hydroxyl groups excluding tert-OH is 1. The van der Waals surface area contributed by atoms with Gasteiger partial charge < -0.3 is 9.84 Å². The zero-order valence-corrected chi connectivity index (χ0v) is 16.0. The second-order valence-electron chi connectivity index (χ2n) is 6.53. The van der Waals surface area contributed by atoms with Crippen molar-refractivity contribution in [2.45, 2.75) is 26.3 Å². The first kappa shape index (κ1) is 19.9. The van der Waals surface area contributed by atoms with Crippen LogP contribution in [-0.2, 0) is 13.0 Å². The number of rotatable bonds is 6. The molecule has 10 heteroatoms. The van der Waals surface area contributed by atoms with E-state index in [9.17, 15) is 13.2 Å². The van der Waals surface area contributed by atoms with E-state index in [1.807, 2.05) is 19.2 Å². The van der Waals surface area contributed by atoms with Crippen LogP contribution in [0.3, 0.4) is 0 Å². The van der Waals surface area contributed by atoms with Crippen LogP contribution in [-0.4, -0.2) is 42.6 Å². The number of hydrogen-bond acceptors (Lipinski definition) is 5. The van der Waals surface area contributed by atoms with E-state index in [-0.39, 0.29) is 12.4 Å². The van der Waals surface area contributed by atoms with Crippen molar-refractivity contribution in [2.24, 2.45) is 0 Å². The van der Waals surface area contributed by atoms with Gasteiger partial charge in [0.1, 0.15) is 5.75 Å². The highest BCUT2D eigenvalue weighted by atomic mass is 19.4. The highest BCUT2D eigenvalue weighted by Crippen LogP contribution is 2.32. The van der Waals surface area contributed by atoms with Gasteiger partial charge in [0.2, 0.25) is 0 Å². The lowest BCUT2D eigenvalue weighted by atomic mass is 10.0. The van der Waals surface area contributed by atoms with E-state index >= 15 is 0 Å². The molecule has 0 spiro atoms. The smallest absolute Gasteiger partial charge is 0.406 e. The Bertz CT molecular complexity index is 1170. The van der Waals surface area contributed by atoms with Gasteiger partial charge >= 0.3 is 6.36 Å². The van der Waals surface area contributed by atoms with Crippen molar-refractivity contribution in [1.29, 1.82) is 0 Å². The minimum atomic E-state index is -4.74. The number of ether oxygens (including phenoxy) is 1. The first-order valence-corrected chi connectivity index (χ1v) is 9.26. The summed E-state index contributed by atoms with van der Waals surface area (Å²) < 4.78 is 44.4. The second-order valence-corrected chi connectivity index (χ2v) is 6.53. The molecule has 0 bridgehead atoms. The molecule has 30 heavy (non-hydrogen) atoms. The number of benzene rings is 1. The summed E-state index contributed by atoms with van der Waals surface area (Å²) in [6.07, 6.45) is 1.10. The number of aliphatic hydroxyl groups is 1. The summed E-state index contributed by atoms with van der Waals surface area (Å²) in [5, 5.41) is 18.8. The predicted molar refractivity (Wildman–Crippen MR) is 103 cm³/mol. The second kappa shape index (κ2) is 7.79. The molecule has 4 rings (SSSR count). The first-order valence-electron chi connectivity index (χ1n) is 9.26. The molecule has 1 aromatic carbocycles. The van der Waals surface area contributed by atoms with E-state index in [4.69, 9.17) is 5.11 Å². The number of aryl methyl sites for hydroxylation is 1. The lowest BCUT2D eigenvalue weighted by Crippen LogP contribution is -2.17. The Kier molecular flexibility index (Phi) is 5.17. The van der Waals surface area contributed by atoms with E-state index < -0.39 is 6.36 Å². The highest BCUT2D eigenvalue weighted by molar-refractivity contribution is 5.95. The lowest BCUT2D eigenvalue weighted by Gasteiger charge is -2.09. The minimum absolute atomic E-state index is 0.0148. The van der Waals surface area contributed by atoms with Gasteiger partial charge in [-0.05, 0) is 42.3 Å². The molecule has 0 atom stereocenters. The number of hydrogen-bond donors (Lipinski definition) is 1. The fourth-order valence-corrected chi connectivity index (χ4v) is 3.30. The molecule has 0 saturated carbocycles. The summed E-state index contributed by atoms with van der Waals surface area (Å²) >= 11 is 0. The Labute approximate surface area is 169 Å². The summed E-state index contributed by atoms with van der Waals surface area (Å²) in [6.45, 7) is 2.35. The SMILES string of the molecule is CCc1nn(-c2ccc(OC(F)(F)F)cc2)c2nccc(-c3cnn(CCO)c3)c12. The topological polar surface area (TPSA) is 78.0 Å². The minimum Gasteiger partial charge on any atom is -0.406 e. The fraction of sp³-hybridized carbons (Fsp3) is 0.250. The normalized spacial score (nSPS) is 11.9. The molecule has 0 aliphatic carbocycles. The quantitative estimate of drug-likeness (QED) is 0.517. The van der Waals surface area contributed by atoms with E-state index in [1.165, 1.54) is 24.3 Å². The summed E-state index contributed by atoms with van der Waals surface area (Å²) in [7, 11) is 0. The van der Waals surface area contributed by atoms with E-state index in [1.54, 1.807) is 21.8 Å². The molecule has 4 aromatic rings. The van der Waals surface area contributed by atoms with Gasteiger partial charge in [-0.3, -0.25) is 4.68 Å².